The van der Waals surface area contributed by atoms with Crippen molar-refractivity contribution in [1.82, 2.24) is 19.6 Å². The van der Waals surface area contributed by atoms with Crippen molar-refractivity contribution in [1.29, 1.82) is 0 Å². The summed E-state index contributed by atoms with van der Waals surface area (Å²) in [5, 5.41) is 7.09. The number of fused-ring (bicyclic) bond motifs is 1. The van der Waals surface area contributed by atoms with E-state index in [0.29, 0.717) is 17.4 Å². The van der Waals surface area contributed by atoms with Crippen LogP contribution in [0.3, 0.4) is 0 Å². The third-order valence-corrected chi connectivity index (χ3v) is 3.85. The predicted molar refractivity (Wildman–Crippen MR) is 64.2 cm³/mol. The average molecular weight is 259 g/mol. The highest BCUT2D eigenvalue weighted by atomic mass is 35.5. The number of aromatic amines is 1. The Morgan fingerprint density at radius 3 is 3.25 bits per heavy atom. The van der Waals surface area contributed by atoms with Crippen molar-refractivity contribution < 1.29 is 0 Å². The molecule has 1 unspecified atom stereocenters. The molecule has 1 N–H and O–H groups in total. The first-order valence-corrected chi connectivity index (χ1v) is 6.34. The van der Waals surface area contributed by atoms with Gasteiger partial charge in [0.15, 0.2) is 5.65 Å². The van der Waals surface area contributed by atoms with E-state index in [0.717, 1.165) is 10.8 Å². The Hall–Kier alpha value is -1.01. The minimum absolute atomic E-state index is 0.270. The lowest BCUT2D eigenvalue weighted by Gasteiger charge is -2.05. The molecule has 1 atom stereocenters. The largest absolute Gasteiger partial charge is 0.348 e. The normalized spacial score (nSPS) is 13.1. The Kier molecular flexibility index (Phi) is 3.50. The standard InChI is InChI=1S/C9H11ClN4OS/c1-6(3-10)4-16-8-2-7-12-13-9(15)14(7)5-11-8/h2,5-6H,3-4H2,1H3,(H,13,15). The van der Waals surface area contributed by atoms with Crippen molar-refractivity contribution in [2.75, 3.05) is 11.6 Å². The van der Waals surface area contributed by atoms with Gasteiger partial charge in [0, 0.05) is 17.7 Å². The van der Waals surface area contributed by atoms with Crippen LogP contribution in [0.15, 0.2) is 22.2 Å². The van der Waals surface area contributed by atoms with Gasteiger partial charge in [-0.2, -0.15) is 5.10 Å². The number of hydrogen-bond acceptors (Lipinski definition) is 4. The van der Waals surface area contributed by atoms with Gasteiger partial charge in [0.2, 0.25) is 0 Å². The monoisotopic (exact) mass is 258 g/mol. The Balaban J connectivity index is 2.17. The molecule has 2 rings (SSSR count). The van der Waals surface area contributed by atoms with Crippen molar-refractivity contribution >= 4 is 29.0 Å². The van der Waals surface area contributed by atoms with Crippen molar-refractivity contribution in [3.63, 3.8) is 0 Å². The summed E-state index contributed by atoms with van der Waals surface area (Å²) in [6.45, 7) is 2.08. The Morgan fingerprint density at radius 1 is 1.69 bits per heavy atom. The summed E-state index contributed by atoms with van der Waals surface area (Å²) < 4.78 is 1.37. The van der Waals surface area contributed by atoms with E-state index in [4.69, 9.17) is 11.6 Å². The Morgan fingerprint density at radius 2 is 2.50 bits per heavy atom. The molecule has 0 spiro atoms. The number of aromatic nitrogens is 4. The molecule has 16 heavy (non-hydrogen) atoms. The predicted octanol–water partition coefficient (Wildman–Crippen LogP) is 1.38. The molecule has 0 aromatic carbocycles. The van der Waals surface area contributed by atoms with Gasteiger partial charge in [0.05, 0.1) is 0 Å². The molecular formula is C9H11ClN4OS. The molecule has 2 aromatic heterocycles. The Bertz CT molecular complexity index is 538. The number of hydrogen-bond donors (Lipinski definition) is 1. The van der Waals surface area contributed by atoms with Gasteiger partial charge in [-0.25, -0.2) is 19.3 Å². The molecule has 0 fully saturated rings. The summed E-state index contributed by atoms with van der Waals surface area (Å²) >= 11 is 7.33. The number of nitrogens with zero attached hydrogens (tertiary/aromatic N) is 3. The molecule has 2 heterocycles. The summed E-state index contributed by atoms with van der Waals surface area (Å²) in [6, 6.07) is 1.78. The maximum absolute atomic E-state index is 11.2. The summed E-state index contributed by atoms with van der Waals surface area (Å²) in [5.74, 6) is 1.98. The smallest absolute Gasteiger partial charge is 0.246 e. The van der Waals surface area contributed by atoms with Crippen LogP contribution < -0.4 is 5.69 Å². The number of rotatable bonds is 4. The number of H-pyrrole nitrogens is 1. The number of alkyl halides is 1. The van der Waals surface area contributed by atoms with Gasteiger partial charge in [0.25, 0.3) is 0 Å². The number of thioether (sulfide) groups is 1. The van der Waals surface area contributed by atoms with E-state index in [1.54, 1.807) is 17.8 Å². The Labute approximate surface area is 101 Å². The van der Waals surface area contributed by atoms with Gasteiger partial charge < -0.3 is 0 Å². The summed E-state index contributed by atoms with van der Waals surface area (Å²) in [6.07, 6.45) is 1.48. The van der Waals surface area contributed by atoms with E-state index in [1.807, 2.05) is 0 Å². The third-order valence-electron chi connectivity index (χ3n) is 2.06. The fourth-order valence-corrected chi connectivity index (χ4v) is 2.27. The molecule has 0 aliphatic heterocycles. The summed E-state index contributed by atoms with van der Waals surface area (Å²) in [4.78, 5) is 15.4. The average Bonchev–Trinajstić information content (AvgIpc) is 2.67. The second kappa shape index (κ2) is 4.88. The lowest BCUT2D eigenvalue weighted by molar-refractivity contribution is 0.758. The van der Waals surface area contributed by atoms with E-state index in [1.165, 1.54) is 10.7 Å². The van der Waals surface area contributed by atoms with E-state index >= 15 is 0 Å². The lowest BCUT2D eigenvalue weighted by atomic mass is 10.3. The van der Waals surface area contributed by atoms with Crippen molar-refractivity contribution in [2.24, 2.45) is 5.92 Å². The van der Waals surface area contributed by atoms with Gasteiger partial charge >= 0.3 is 5.69 Å². The van der Waals surface area contributed by atoms with Gasteiger partial charge in [-0.15, -0.1) is 23.4 Å². The molecule has 0 aliphatic carbocycles. The minimum Gasteiger partial charge on any atom is -0.246 e. The van der Waals surface area contributed by atoms with Crippen molar-refractivity contribution in [3.8, 4) is 0 Å². The van der Waals surface area contributed by atoms with E-state index in [9.17, 15) is 4.79 Å². The van der Waals surface area contributed by atoms with Gasteiger partial charge in [0.1, 0.15) is 11.4 Å². The molecule has 2 aromatic rings. The van der Waals surface area contributed by atoms with Crippen LogP contribution >= 0.6 is 23.4 Å². The summed E-state index contributed by atoms with van der Waals surface area (Å²) in [5.41, 5.74) is 0.314. The summed E-state index contributed by atoms with van der Waals surface area (Å²) in [7, 11) is 0. The van der Waals surface area contributed by atoms with Crippen molar-refractivity contribution in [3.05, 3.63) is 22.9 Å². The molecule has 86 valence electrons. The van der Waals surface area contributed by atoms with Crippen LogP contribution in [0.5, 0.6) is 0 Å². The van der Waals surface area contributed by atoms with E-state index in [2.05, 4.69) is 22.1 Å². The SMILES string of the molecule is CC(CCl)CSc1cc2n[nH]c(=O)n2cn1. The zero-order chi connectivity index (χ0) is 11.5. The number of nitrogens with one attached hydrogen (secondary N) is 1. The third kappa shape index (κ3) is 2.38. The topological polar surface area (TPSA) is 63.0 Å². The minimum atomic E-state index is -0.270. The highest BCUT2D eigenvalue weighted by Gasteiger charge is 2.05. The fourth-order valence-electron chi connectivity index (χ4n) is 1.14. The first kappa shape index (κ1) is 11.5. The van der Waals surface area contributed by atoms with Crippen LogP contribution in [-0.4, -0.2) is 31.2 Å². The maximum atomic E-state index is 11.2. The van der Waals surface area contributed by atoms with Crippen molar-refractivity contribution in [2.45, 2.75) is 11.9 Å². The second-order valence-electron chi connectivity index (χ2n) is 3.55. The molecule has 5 nitrogen and oxygen atoms in total. The quantitative estimate of drug-likeness (QED) is 0.511. The van der Waals surface area contributed by atoms with E-state index in [-0.39, 0.29) is 5.69 Å². The first-order chi connectivity index (χ1) is 7.70. The molecule has 0 saturated heterocycles. The molecule has 0 bridgehead atoms. The molecule has 7 heteroatoms. The maximum Gasteiger partial charge on any atom is 0.348 e. The molecule has 0 aliphatic rings. The molecule has 0 saturated carbocycles. The van der Waals surface area contributed by atoms with Crippen LogP contribution in [0.2, 0.25) is 0 Å². The highest BCUT2D eigenvalue weighted by Crippen LogP contribution is 2.19. The zero-order valence-electron chi connectivity index (χ0n) is 8.68. The van der Waals surface area contributed by atoms with Crippen LogP contribution in [0.25, 0.3) is 5.65 Å². The fraction of sp³-hybridized carbons (Fsp3) is 0.444. The molecular weight excluding hydrogens is 248 g/mol. The molecule has 0 amide bonds. The van der Waals surface area contributed by atoms with E-state index < -0.39 is 0 Å². The van der Waals surface area contributed by atoms with Gasteiger partial charge in [-0.3, -0.25) is 0 Å². The first-order valence-electron chi connectivity index (χ1n) is 4.82. The number of halogens is 1. The lowest BCUT2D eigenvalue weighted by Crippen LogP contribution is -2.09. The van der Waals surface area contributed by atoms with Crippen LogP contribution in [0.1, 0.15) is 6.92 Å². The van der Waals surface area contributed by atoms with Crippen LogP contribution in [-0.2, 0) is 0 Å². The molecule has 0 radical (unpaired) electrons. The second-order valence-corrected chi connectivity index (χ2v) is 4.90. The van der Waals surface area contributed by atoms with Gasteiger partial charge in [-0.05, 0) is 5.92 Å². The van der Waals surface area contributed by atoms with Gasteiger partial charge in [-0.1, -0.05) is 6.92 Å². The zero-order valence-corrected chi connectivity index (χ0v) is 10.3. The van der Waals surface area contributed by atoms with Crippen LogP contribution in [0.4, 0.5) is 0 Å². The highest BCUT2D eigenvalue weighted by molar-refractivity contribution is 7.99. The van der Waals surface area contributed by atoms with Crippen LogP contribution in [0, 0.1) is 5.92 Å².